The van der Waals surface area contributed by atoms with Gasteiger partial charge in [0.15, 0.2) is 5.96 Å². The van der Waals surface area contributed by atoms with Crippen molar-refractivity contribution < 1.29 is 18.3 Å². The van der Waals surface area contributed by atoms with Crippen LogP contribution >= 0.6 is 35.6 Å². The van der Waals surface area contributed by atoms with Crippen LogP contribution in [0, 0.1) is 0 Å². The van der Waals surface area contributed by atoms with Gasteiger partial charge in [0, 0.05) is 29.9 Å². The van der Waals surface area contributed by atoms with E-state index >= 15 is 0 Å². The molecule has 0 unspecified atom stereocenters. The van der Waals surface area contributed by atoms with Crippen molar-refractivity contribution in [2.24, 2.45) is 4.99 Å². The number of hydrogen-bond donors (Lipinski definition) is 3. The second-order valence-electron chi connectivity index (χ2n) is 5.32. The molecule has 2 aromatic carbocycles. The number of hydrogen-bond acceptors (Lipinski definition) is 3. The molecule has 0 saturated heterocycles. The van der Waals surface area contributed by atoms with Crippen molar-refractivity contribution in [1.29, 1.82) is 0 Å². The number of carbonyl (C=O) groups excluding carboxylic acids is 1. The van der Waals surface area contributed by atoms with E-state index < -0.39 is 6.61 Å². The zero-order chi connectivity index (χ0) is 19.6. The fraction of sp³-hybridized carbons (Fsp3) is 0.222. The number of ether oxygens (including phenoxy) is 1. The Morgan fingerprint density at radius 3 is 2.54 bits per heavy atom. The first-order valence-corrected chi connectivity index (χ1v) is 8.38. The van der Waals surface area contributed by atoms with Gasteiger partial charge in [-0.05, 0) is 30.3 Å². The lowest BCUT2D eigenvalue weighted by molar-refractivity contribution is -0.115. The van der Waals surface area contributed by atoms with Gasteiger partial charge >= 0.3 is 6.61 Å². The SMILES string of the molecule is CN=C(NCC(=O)Nc1ccccc1)NCc1cc(Cl)ccc1OC(F)F.I. The summed E-state index contributed by atoms with van der Waals surface area (Å²) in [6.07, 6.45) is 0. The number of carbonyl (C=O) groups is 1. The fourth-order valence-electron chi connectivity index (χ4n) is 2.19. The average Bonchev–Trinajstić information content (AvgIpc) is 2.64. The van der Waals surface area contributed by atoms with Gasteiger partial charge in [0.2, 0.25) is 5.91 Å². The molecule has 3 N–H and O–H groups in total. The summed E-state index contributed by atoms with van der Waals surface area (Å²) in [5.74, 6) is 0.0778. The molecule has 0 aromatic heterocycles. The third-order valence-corrected chi connectivity index (χ3v) is 3.62. The lowest BCUT2D eigenvalue weighted by Gasteiger charge is -2.15. The number of rotatable bonds is 7. The van der Waals surface area contributed by atoms with E-state index in [9.17, 15) is 13.6 Å². The first kappa shape index (κ1) is 23.9. The minimum atomic E-state index is -2.94. The molecule has 6 nitrogen and oxygen atoms in total. The standard InChI is InChI=1S/C18H19ClF2N4O2.HI/c1-22-18(24-11-16(26)25-14-5-3-2-4-6-14)23-10-12-9-13(19)7-8-15(12)27-17(20)21;/h2-9,17H,10-11H2,1H3,(H,25,26)(H2,22,23,24);1H. The number of aliphatic imine (C=N–C) groups is 1. The molecule has 0 aliphatic carbocycles. The largest absolute Gasteiger partial charge is 0.434 e. The number of para-hydroxylation sites is 1. The van der Waals surface area contributed by atoms with Crippen LogP contribution in [0.25, 0.3) is 0 Å². The Labute approximate surface area is 183 Å². The number of anilines is 1. The quantitative estimate of drug-likeness (QED) is 0.292. The van der Waals surface area contributed by atoms with Gasteiger partial charge in [-0.2, -0.15) is 8.78 Å². The summed E-state index contributed by atoms with van der Waals surface area (Å²) >= 11 is 5.91. The Morgan fingerprint density at radius 1 is 1.18 bits per heavy atom. The summed E-state index contributed by atoms with van der Waals surface area (Å²) in [4.78, 5) is 15.9. The van der Waals surface area contributed by atoms with Crippen molar-refractivity contribution in [3.05, 3.63) is 59.1 Å². The van der Waals surface area contributed by atoms with Crippen molar-refractivity contribution in [3.63, 3.8) is 0 Å². The highest BCUT2D eigenvalue weighted by Gasteiger charge is 2.11. The summed E-state index contributed by atoms with van der Waals surface area (Å²) < 4.78 is 29.5. The lowest BCUT2D eigenvalue weighted by atomic mass is 10.2. The number of amides is 1. The Morgan fingerprint density at radius 2 is 1.89 bits per heavy atom. The molecule has 0 fully saturated rings. The number of halogens is 4. The molecule has 2 rings (SSSR count). The third-order valence-electron chi connectivity index (χ3n) is 3.38. The van der Waals surface area contributed by atoms with Gasteiger partial charge in [0.05, 0.1) is 6.54 Å². The number of nitrogens with one attached hydrogen (secondary N) is 3. The first-order chi connectivity index (χ1) is 13.0. The molecule has 0 saturated carbocycles. The zero-order valence-corrected chi connectivity index (χ0v) is 18.0. The molecule has 2 aromatic rings. The van der Waals surface area contributed by atoms with E-state index in [4.69, 9.17) is 11.6 Å². The number of alkyl halides is 2. The maximum absolute atomic E-state index is 12.5. The monoisotopic (exact) mass is 524 g/mol. The minimum absolute atomic E-state index is 0. The normalized spacial score (nSPS) is 10.8. The highest BCUT2D eigenvalue weighted by molar-refractivity contribution is 14.0. The van der Waals surface area contributed by atoms with Gasteiger partial charge in [-0.3, -0.25) is 9.79 Å². The van der Waals surface area contributed by atoms with Crippen LogP contribution in [0.5, 0.6) is 5.75 Å². The van der Waals surface area contributed by atoms with Crippen LogP contribution in [0.15, 0.2) is 53.5 Å². The summed E-state index contributed by atoms with van der Waals surface area (Å²) in [6.45, 7) is -2.84. The maximum atomic E-state index is 12.5. The minimum Gasteiger partial charge on any atom is -0.434 e. The second-order valence-corrected chi connectivity index (χ2v) is 5.76. The van der Waals surface area contributed by atoms with Crippen LogP contribution in [0.3, 0.4) is 0 Å². The molecule has 152 valence electrons. The number of nitrogens with zero attached hydrogens (tertiary/aromatic N) is 1. The van der Waals surface area contributed by atoms with Crippen LogP contribution in [-0.4, -0.2) is 32.1 Å². The Bertz CT molecular complexity index is 794. The molecule has 1 amide bonds. The van der Waals surface area contributed by atoms with Crippen molar-refractivity contribution in [2.75, 3.05) is 18.9 Å². The van der Waals surface area contributed by atoms with Crippen LogP contribution in [0.2, 0.25) is 5.02 Å². The van der Waals surface area contributed by atoms with Gasteiger partial charge in [-0.1, -0.05) is 29.8 Å². The highest BCUT2D eigenvalue weighted by Crippen LogP contribution is 2.24. The van der Waals surface area contributed by atoms with E-state index in [2.05, 4.69) is 25.7 Å². The zero-order valence-electron chi connectivity index (χ0n) is 14.9. The highest BCUT2D eigenvalue weighted by atomic mass is 127. The van der Waals surface area contributed by atoms with E-state index in [0.717, 1.165) is 0 Å². The third kappa shape index (κ3) is 8.26. The molecule has 0 atom stereocenters. The number of guanidine groups is 1. The van der Waals surface area contributed by atoms with Crippen molar-refractivity contribution in [1.82, 2.24) is 10.6 Å². The maximum Gasteiger partial charge on any atom is 0.387 e. The average molecular weight is 525 g/mol. The van der Waals surface area contributed by atoms with Gasteiger partial charge in [-0.15, -0.1) is 24.0 Å². The predicted octanol–water partition coefficient (Wildman–Crippen LogP) is 3.86. The van der Waals surface area contributed by atoms with E-state index in [0.29, 0.717) is 22.2 Å². The van der Waals surface area contributed by atoms with E-state index in [1.807, 2.05) is 18.2 Å². The van der Waals surface area contributed by atoms with Crippen LogP contribution in [0.4, 0.5) is 14.5 Å². The van der Waals surface area contributed by atoms with Gasteiger partial charge in [-0.25, -0.2) is 0 Å². The van der Waals surface area contributed by atoms with Crippen LogP contribution < -0.4 is 20.7 Å². The molecule has 0 heterocycles. The first-order valence-electron chi connectivity index (χ1n) is 8.00. The van der Waals surface area contributed by atoms with E-state index in [-0.39, 0.29) is 48.7 Å². The topological polar surface area (TPSA) is 74.8 Å². The van der Waals surface area contributed by atoms with Crippen LogP contribution in [0.1, 0.15) is 5.56 Å². The molecular weight excluding hydrogens is 505 g/mol. The molecule has 0 bridgehead atoms. The molecule has 10 heteroatoms. The van der Waals surface area contributed by atoms with Crippen molar-refractivity contribution >= 4 is 53.1 Å². The Hall–Kier alpha value is -2.14. The molecular formula is C18H20ClF2IN4O2. The predicted molar refractivity (Wildman–Crippen MR) is 117 cm³/mol. The smallest absolute Gasteiger partial charge is 0.387 e. The van der Waals surface area contributed by atoms with Gasteiger partial charge in [0.25, 0.3) is 0 Å². The van der Waals surface area contributed by atoms with Crippen molar-refractivity contribution in [2.45, 2.75) is 13.2 Å². The summed E-state index contributed by atoms with van der Waals surface area (Å²) in [5.41, 5.74) is 1.11. The van der Waals surface area contributed by atoms with Gasteiger partial charge in [0.1, 0.15) is 5.75 Å². The van der Waals surface area contributed by atoms with E-state index in [1.54, 1.807) is 12.1 Å². The molecule has 0 spiro atoms. The van der Waals surface area contributed by atoms with Gasteiger partial charge < -0.3 is 20.7 Å². The van der Waals surface area contributed by atoms with E-state index in [1.165, 1.54) is 25.2 Å². The second kappa shape index (κ2) is 12.3. The number of benzene rings is 2. The molecule has 28 heavy (non-hydrogen) atoms. The van der Waals surface area contributed by atoms with Crippen LogP contribution in [-0.2, 0) is 11.3 Å². The summed E-state index contributed by atoms with van der Waals surface area (Å²) in [6, 6.07) is 13.4. The fourth-order valence-corrected chi connectivity index (χ4v) is 2.38. The summed E-state index contributed by atoms with van der Waals surface area (Å²) in [7, 11) is 1.53. The molecule has 0 aliphatic heterocycles. The lowest BCUT2D eigenvalue weighted by Crippen LogP contribution is -2.41. The van der Waals surface area contributed by atoms with Crippen molar-refractivity contribution in [3.8, 4) is 5.75 Å². The Balaban J connectivity index is 0.00000392. The Kier molecular flexibility index (Phi) is 10.5. The molecule has 0 aliphatic rings. The molecule has 0 radical (unpaired) electrons. The summed E-state index contributed by atoms with van der Waals surface area (Å²) in [5, 5.41) is 8.88.